The molecule has 0 bridgehead atoms. The molecule has 0 atom stereocenters. The lowest BCUT2D eigenvalue weighted by Gasteiger charge is -2.06. The van der Waals surface area contributed by atoms with Gasteiger partial charge in [-0.15, -0.1) is 0 Å². The predicted octanol–water partition coefficient (Wildman–Crippen LogP) is 1.84. The molecule has 4 nitrogen and oxygen atoms in total. The lowest BCUT2D eigenvalue weighted by atomic mass is 10.4. The van der Waals surface area contributed by atoms with Crippen LogP contribution >= 0.6 is 21.8 Å². The number of aryl methyl sites for hydroxylation is 2. The average Bonchev–Trinajstić information content (AvgIpc) is 2.12. The van der Waals surface area contributed by atoms with Gasteiger partial charge in [0.1, 0.15) is 0 Å². The topological polar surface area (TPSA) is 46.1 Å². The minimum atomic E-state index is 0.682. The van der Waals surface area contributed by atoms with Crippen LogP contribution in [-0.4, -0.2) is 27.7 Å². The zero-order valence-electron chi connectivity index (χ0n) is 8.22. The third-order valence-corrected chi connectivity index (χ3v) is 3.44. The largest absolute Gasteiger partial charge is 0.283 e. The molecular formula is C8H11N3OS2. The molecule has 0 radical (unpaired) electrons. The van der Waals surface area contributed by atoms with Crippen molar-refractivity contribution in [2.45, 2.75) is 19.0 Å². The maximum Gasteiger partial charge on any atom is 0.219 e. The second-order valence-corrected chi connectivity index (χ2v) is 4.95. The van der Waals surface area contributed by atoms with Crippen molar-refractivity contribution in [3.63, 3.8) is 0 Å². The Hall–Kier alpha value is -0.750. The van der Waals surface area contributed by atoms with Gasteiger partial charge in [-0.3, -0.25) is 9.10 Å². The molecule has 14 heavy (non-hydrogen) atoms. The van der Waals surface area contributed by atoms with Crippen LogP contribution in [-0.2, 0) is 4.79 Å². The molecular weight excluding hydrogens is 218 g/mol. The minimum Gasteiger partial charge on any atom is -0.283 e. The van der Waals surface area contributed by atoms with Gasteiger partial charge >= 0.3 is 0 Å². The van der Waals surface area contributed by atoms with Gasteiger partial charge in [0.05, 0.1) is 0 Å². The smallest absolute Gasteiger partial charge is 0.219 e. The molecule has 0 spiro atoms. The van der Waals surface area contributed by atoms with E-state index >= 15 is 0 Å². The molecule has 1 aromatic rings. The van der Waals surface area contributed by atoms with Crippen molar-refractivity contribution in [2.24, 2.45) is 0 Å². The molecule has 0 aliphatic carbocycles. The van der Waals surface area contributed by atoms with Crippen molar-refractivity contribution >= 4 is 28.2 Å². The van der Waals surface area contributed by atoms with E-state index < -0.39 is 0 Å². The highest BCUT2D eigenvalue weighted by molar-refractivity contribution is 8.75. The van der Waals surface area contributed by atoms with Gasteiger partial charge in [0, 0.05) is 40.2 Å². The van der Waals surface area contributed by atoms with Crippen LogP contribution in [0.3, 0.4) is 0 Å². The summed E-state index contributed by atoms with van der Waals surface area (Å²) in [5.41, 5.74) is 1.88. The third kappa shape index (κ3) is 3.55. The zero-order valence-corrected chi connectivity index (χ0v) is 9.85. The highest BCUT2D eigenvalue weighted by Crippen LogP contribution is 2.29. The van der Waals surface area contributed by atoms with E-state index in [0.717, 1.165) is 17.8 Å². The number of nitrogens with zero attached hydrogens (tertiary/aromatic N) is 3. The van der Waals surface area contributed by atoms with Crippen molar-refractivity contribution in [3.05, 3.63) is 17.5 Å². The van der Waals surface area contributed by atoms with Gasteiger partial charge in [0.2, 0.25) is 11.6 Å². The maximum absolute atomic E-state index is 10.3. The van der Waals surface area contributed by atoms with Crippen LogP contribution in [0.15, 0.2) is 11.2 Å². The average molecular weight is 229 g/mol. The molecule has 1 rings (SSSR count). The summed E-state index contributed by atoms with van der Waals surface area (Å²) in [7, 11) is 4.36. The lowest BCUT2D eigenvalue weighted by Crippen LogP contribution is -2.02. The number of hydrogen-bond donors (Lipinski definition) is 0. The van der Waals surface area contributed by atoms with Crippen molar-refractivity contribution in [1.82, 2.24) is 14.3 Å². The van der Waals surface area contributed by atoms with Crippen LogP contribution in [0.1, 0.15) is 11.4 Å². The first-order valence-electron chi connectivity index (χ1n) is 3.97. The van der Waals surface area contributed by atoms with Gasteiger partial charge in [-0.05, 0) is 19.9 Å². The summed E-state index contributed by atoms with van der Waals surface area (Å²) < 4.78 is 1.46. The van der Waals surface area contributed by atoms with E-state index in [1.807, 2.05) is 19.9 Å². The number of hydrogen-bond acceptors (Lipinski definition) is 5. The SMILES string of the molecule is Cc1cc(C)nc(SSN(C)C=O)n1. The first-order chi connectivity index (χ1) is 6.61. The van der Waals surface area contributed by atoms with Crippen LogP contribution in [0.2, 0.25) is 0 Å². The van der Waals surface area contributed by atoms with E-state index in [2.05, 4.69) is 9.97 Å². The highest BCUT2D eigenvalue weighted by atomic mass is 33.1. The van der Waals surface area contributed by atoms with E-state index in [1.54, 1.807) is 7.05 Å². The summed E-state index contributed by atoms with van der Waals surface area (Å²) >= 11 is 0. The summed E-state index contributed by atoms with van der Waals surface area (Å²) in [6, 6.07) is 1.91. The first-order valence-corrected chi connectivity index (χ1v) is 6.07. The van der Waals surface area contributed by atoms with Crippen LogP contribution < -0.4 is 0 Å². The Morgan fingerprint density at radius 2 is 1.93 bits per heavy atom. The summed E-state index contributed by atoms with van der Waals surface area (Å²) in [5.74, 6) is 0. The summed E-state index contributed by atoms with van der Waals surface area (Å²) in [4.78, 5) is 18.8. The molecule has 0 aliphatic heterocycles. The van der Waals surface area contributed by atoms with E-state index in [4.69, 9.17) is 0 Å². The lowest BCUT2D eigenvalue weighted by molar-refractivity contribution is -0.112. The number of aromatic nitrogens is 2. The molecule has 1 amide bonds. The molecule has 0 unspecified atom stereocenters. The predicted molar refractivity (Wildman–Crippen MR) is 58.8 cm³/mol. The van der Waals surface area contributed by atoms with Crippen molar-refractivity contribution in [3.8, 4) is 0 Å². The van der Waals surface area contributed by atoms with Crippen LogP contribution in [0.25, 0.3) is 0 Å². The Kier molecular flexibility index (Phi) is 4.21. The zero-order chi connectivity index (χ0) is 10.6. The van der Waals surface area contributed by atoms with Gasteiger partial charge in [-0.1, -0.05) is 0 Å². The first kappa shape index (κ1) is 11.3. The molecule has 1 aromatic heterocycles. The number of carbonyl (C=O) groups is 1. The third-order valence-electron chi connectivity index (χ3n) is 1.34. The molecule has 0 fully saturated rings. The fourth-order valence-electron chi connectivity index (χ4n) is 0.841. The molecule has 0 saturated heterocycles. The fraction of sp³-hybridized carbons (Fsp3) is 0.375. The Morgan fingerprint density at radius 1 is 1.36 bits per heavy atom. The van der Waals surface area contributed by atoms with E-state index in [0.29, 0.717) is 5.16 Å². The Labute approximate surface area is 91.0 Å². The quantitative estimate of drug-likeness (QED) is 0.341. The van der Waals surface area contributed by atoms with Crippen LogP contribution in [0.4, 0.5) is 0 Å². The normalized spacial score (nSPS) is 9.93. The number of carbonyl (C=O) groups excluding carboxylic acids is 1. The Bertz CT molecular complexity index is 312. The monoisotopic (exact) mass is 229 g/mol. The molecule has 0 aromatic carbocycles. The highest BCUT2D eigenvalue weighted by Gasteiger charge is 2.03. The Balaban J connectivity index is 2.62. The van der Waals surface area contributed by atoms with Gasteiger partial charge in [0.15, 0.2) is 0 Å². The Morgan fingerprint density at radius 3 is 2.43 bits per heavy atom. The van der Waals surface area contributed by atoms with Gasteiger partial charge in [-0.25, -0.2) is 9.97 Å². The summed E-state index contributed by atoms with van der Waals surface area (Å²) in [6.45, 7) is 3.85. The van der Waals surface area contributed by atoms with Crippen LogP contribution in [0.5, 0.6) is 0 Å². The maximum atomic E-state index is 10.3. The molecule has 76 valence electrons. The molecule has 0 saturated carbocycles. The molecule has 0 aliphatic rings. The summed E-state index contributed by atoms with van der Waals surface area (Å²) in [5, 5.41) is 0.682. The van der Waals surface area contributed by atoms with Gasteiger partial charge in [-0.2, -0.15) is 0 Å². The molecule has 0 N–H and O–H groups in total. The van der Waals surface area contributed by atoms with Gasteiger partial charge < -0.3 is 0 Å². The van der Waals surface area contributed by atoms with Crippen molar-refractivity contribution in [2.75, 3.05) is 7.05 Å². The van der Waals surface area contributed by atoms with E-state index in [9.17, 15) is 4.79 Å². The van der Waals surface area contributed by atoms with Crippen molar-refractivity contribution < 1.29 is 4.79 Å². The minimum absolute atomic E-state index is 0.682. The molecule has 1 heterocycles. The van der Waals surface area contributed by atoms with Crippen molar-refractivity contribution in [1.29, 1.82) is 0 Å². The second kappa shape index (κ2) is 5.21. The fourth-order valence-corrected chi connectivity index (χ4v) is 2.30. The summed E-state index contributed by atoms with van der Waals surface area (Å²) in [6.07, 6.45) is 0.750. The number of rotatable bonds is 4. The van der Waals surface area contributed by atoms with E-state index in [1.165, 1.54) is 26.1 Å². The standard InChI is InChI=1S/C8H11N3OS2/c1-6-4-7(2)10-8(9-6)13-14-11(3)5-12/h4-5H,1-3H3. The van der Waals surface area contributed by atoms with Gasteiger partial charge in [0.25, 0.3) is 0 Å². The van der Waals surface area contributed by atoms with E-state index in [-0.39, 0.29) is 0 Å². The van der Waals surface area contributed by atoms with Crippen LogP contribution in [0, 0.1) is 13.8 Å². The molecule has 6 heteroatoms. The number of amides is 1. The second-order valence-electron chi connectivity index (χ2n) is 2.74.